The van der Waals surface area contributed by atoms with E-state index >= 15 is 0 Å². The van der Waals surface area contributed by atoms with Gasteiger partial charge in [0.05, 0.1) is 11.4 Å². The Balaban J connectivity index is 1.47. The van der Waals surface area contributed by atoms with Gasteiger partial charge in [-0.05, 0) is 30.5 Å². The summed E-state index contributed by atoms with van der Waals surface area (Å²) in [6, 6.07) is 13.3. The van der Waals surface area contributed by atoms with Crippen molar-refractivity contribution in [2.75, 3.05) is 13.2 Å². The lowest BCUT2D eigenvalue weighted by atomic mass is 10.2. The molecule has 5 nitrogen and oxygen atoms in total. The van der Waals surface area contributed by atoms with Gasteiger partial charge in [0.25, 0.3) is 5.91 Å². The number of rotatable bonds is 6. The Morgan fingerprint density at radius 3 is 2.87 bits per heavy atom. The summed E-state index contributed by atoms with van der Waals surface area (Å²) >= 11 is 1.54. The van der Waals surface area contributed by atoms with E-state index in [1.807, 2.05) is 48.7 Å². The highest BCUT2D eigenvalue weighted by Crippen LogP contribution is 2.24. The van der Waals surface area contributed by atoms with Crippen LogP contribution in [0.4, 0.5) is 0 Å². The van der Waals surface area contributed by atoms with Crippen molar-refractivity contribution >= 4 is 17.2 Å². The van der Waals surface area contributed by atoms with Crippen molar-refractivity contribution < 1.29 is 14.1 Å². The molecule has 0 saturated heterocycles. The van der Waals surface area contributed by atoms with Gasteiger partial charge in [0.15, 0.2) is 11.5 Å². The van der Waals surface area contributed by atoms with Gasteiger partial charge >= 0.3 is 0 Å². The lowest BCUT2D eigenvalue weighted by Gasteiger charge is -2.06. The second kappa shape index (κ2) is 7.11. The first-order chi connectivity index (χ1) is 11.2. The van der Waals surface area contributed by atoms with E-state index in [1.54, 1.807) is 6.07 Å². The number of aryl methyl sites for hydroxylation is 1. The van der Waals surface area contributed by atoms with Gasteiger partial charge in [0.1, 0.15) is 12.4 Å². The van der Waals surface area contributed by atoms with E-state index in [0.717, 1.165) is 10.6 Å². The van der Waals surface area contributed by atoms with E-state index in [4.69, 9.17) is 9.26 Å². The fourth-order valence-electron chi connectivity index (χ4n) is 1.98. The number of benzene rings is 1. The van der Waals surface area contributed by atoms with Crippen LogP contribution in [0.15, 0.2) is 52.4 Å². The third-order valence-electron chi connectivity index (χ3n) is 3.18. The largest absolute Gasteiger partial charge is 0.492 e. The van der Waals surface area contributed by atoms with Gasteiger partial charge in [-0.2, -0.15) is 0 Å². The highest BCUT2D eigenvalue weighted by atomic mass is 32.1. The summed E-state index contributed by atoms with van der Waals surface area (Å²) in [6.45, 7) is 2.81. The fourth-order valence-corrected chi connectivity index (χ4v) is 2.65. The van der Waals surface area contributed by atoms with E-state index in [0.29, 0.717) is 18.9 Å². The second-order valence-corrected chi connectivity index (χ2v) is 5.92. The molecule has 2 heterocycles. The normalized spacial score (nSPS) is 10.5. The second-order valence-electron chi connectivity index (χ2n) is 4.97. The number of carbonyl (C=O) groups excluding carboxylic acids is 1. The molecular formula is C17H16N2O3S. The molecule has 23 heavy (non-hydrogen) atoms. The smallest absolute Gasteiger partial charge is 0.273 e. The Morgan fingerprint density at radius 2 is 2.13 bits per heavy atom. The van der Waals surface area contributed by atoms with Gasteiger partial charge in [-0.1, -0.05) is 28.9 Å². The zero-order valence-corrected chi connectivity index (χ0v) is 13.4. The molecule has 0 saturated carbocycles. The van der Waals surface area contributed by atoms with Crippen LogP contribution in [-0.2, 0) is 0 Å². The first-order valence-electron chi connectivity index (χ1n) is 7.20. The summed E-state index contributed by atoms with van der Waals surface area (Å²) in [5.41, 5.74) is 1.45. The Hall–Kier alpha value is -2.60. The van der Waals surface area contributed by atoms with E-state index < -0.39 is 0 Å². The average Bonchev–Trinajstić information content (AvgIpc) is 3.23. The molecule has 1 N–H and O–H groups in total. The lowest BCUT2D eigenvalue weighted by molar-refractivity contribution is 0.0938. The van der Waals surface area contributed by atoms with Crippen LogP contribution in [0.5, 0.6) is 5.75 Å². The molecule has 0 aliphatic heterocycles. The maximum atomic E-state index is 12.0. The number of nitrogens with one attached hydrogen (secondary N) is 1. The van der Waals surface area contributed by atoms with Crippen molar-refractivity contribution in [3.63, 3.8) is 0 Å². The number of nitrogens with zero attached hydrogens (tertiary/aromatic N) is 1. The van der Waals surface area contributed by atoms with E-state index in [2.05, 4.69) is 10.5 Å². The third-order valence-corrected chi connectivity index (χ3v) is 4.07. The molecule has 0 atom stereocenters. The van der Waals surface area contributed by atoms with Crippen molar-refractivity contribution in [2.45, 2.75) is 6.92 Å². The maximum Gasteiger partial charge on any atom is 0.273 e. The van der Waals surface area contributed by atoms with Crippen LogP contribution < -0.4 is 10.1 Å². The Kier molecular flexibility index (Phi) is 4.73. The molecule has 1 aromatic carbocycles. The molecule has 0 aliphatic carbocycles. The van der Waals surface area contributed by atoms with Gasteiger partial charge in [-0.25, -0.2) is 0 Å². The standard InChI is InChI=1S/C17H16N2O3S/c1-12-4-6-13(7-5-12)21-9-8-18-17(20)14-11-15(22-19-14)16-3-2-10-23-16/h2-7,10-11H,8-9H2,1H3,(H,18,20). The Bertz CT molecular complexity index is 764. The van der Waals surface area contributed by atoms with Crippen molar-refractivity contribution in [1.82, 2.24) is 10.5 Å². The molecule has 6 heteroatoms. The molecule has 3 aromatic rings. The molecule has 0 fully saturated rings. The summed E-state index contributed by atoms with van der Waals surface area (Å²) in [6.07, 6.45) is 0. The quantitative estimate of drug-likeness (QED) is 0.703. The number of aromatic nitrogens is 1. The van der Waals surface area contributed by atoms with Gasteiger partial charge in [-0.15, -0.1) is 11.3 Å². The lowest BCUT2D eigenvalue weighted by Crippen LogP contribution is -2.28. The van der Waals surface area contributed by atoms with E-state index in [1.165, 1.54) is 16.9 Å². The summed E-state index contributed by atoms with van der Waals surface area (Å²) in [5.74, 6) is 1.11. The first kappa shape index (κ1) is 15.3. The summed E-state index contributed by atoms with van der Waals surface area (Å²) in [4.78, 5) is 12.9. The summed E-state index contributed by atoms with van der Waals surface area (Å²) in [7, 11) is 0. The zero-order chi connectivity index (χ0) is 16.1. The molecule has 2 aromatic heterocycles. The number of hydrogen-bond acceptors (Lipinski definition) is 5. The highest BCUT2D eigenvalue weighted by Gasteiger charge is 2.13. The fraction of sp³-hybridized carbons (Fsp3) is 0.176. The van der Waals surface area contributed by atoms with E-state index in [9.17, 15) is 4.79 Å². The van der Waals surface area contributed by atoms with Gasteiger partial charge < -0.3 is 14.6 Å². The van der Waals surface area contributed by atoms with Gasteiger partial charge in [-0.3, -0.25) is 4.79 Å². The van der Waals surface area contributed by atoms with Crippen molar-refractivity contribution in [2.24, 2.45) is 0 Å². The van der Waals surface area contributed by atoms with Crippen LogP contribution in [0.1, 0.15) is 16.1 Å². The van der Waals surface area contributed by atoms with Crippen molar-refractivity contribution in [3.8, 4) is 16.4 Å². The Labute approximate surface area is 137 Å². The highest BCUT2D eigenvalue weighted by molar-refractivity contribution is 7.13. The molecule has 0 aliphatic rings. The molecule has 0 unspecified atom stereocenters. The molecule has 118 valence electrons. The molecule has 0 bridgehead atoms. The number of ether oxygens (including phenoxy) is 1. The number of carbonyl (C=O) groups is 1. The van der Waals surface area contributed by atoms with Crippen LogP contribution in [0, 0.1) is 6.92 Å². The van der Waals surface area contributed by atoms with Crippen LogP contribution in [0.3, 0.4) is 0 Å². The van der Waals surface area contributed by atoms with Crippen molar-refractivity contribution in [3.05, 3.63) is 59.1 Å². The predicted molar refractivity (Wildman–Crippen MR) is 88.8 cm³/mol. The minimum atomic E-state index is -0.274. The average molecular weight is 328 g/mol. The van der Waals surface area contributed by atoms with E-state index in [-0.39, 0.29) is 11.6 Å². The number of amides is 1. The van der Waals surface area contributed by atoms with Crippen LogP contribution in [0.25, 0.3) is 10.6 Å². The Morgan fingerprint density at radius 1 is 1.30 bits per heavy atom. The van der Waals surface area contributed by atoms with Crippen LogP contribution >= 0.6 is 11.3 Å². The summed E-state index contributed by atoms with van der Waals surface area (Å²) < 4.78 is 10.7. The topological polar surface area (TPSA) is 64.4 Å². The van der Waals surface area contributed by atoms with Crippen LogP contribution in [-0.4, -0.2) is 24.2 Å². The zero-order valence-electron chi connectivity index (χ0n) is 12.6. The molecule has 0 radical (unpaired) electrons. The molecule has 3 rings (SSSR count). The molecule has 0 spiro atoms. The summed E-state index contributed by atoms with van der Waals surface area (Å²) in [5, 5.41) is 8.50. The minimum absolute atomic E-state index is 0.267. The molecular weight excluding hydrogens is 312 g/mol. The van der Waals surface area contributed by atoms with Crippen LogP contribution in [0.2, 0.25) is 0 Å². The predicted octanol–water partition coefficient (Wildman–Crippen LogP) is 3.52. The van der Waals surface area contributed by atoms with Crippen molar-refractivity contribution in [1.29, 1.82) is 0 Å². The number of thiophene rings is 1. The van der Waals surface area contributed by atoms with Gasteiger partial charge in [0, 0.05) is 6.07 Å². The monoisotopic (exact) mass is 328 g/mol. The first-order valence-corrected chi connectivity index (χ1v) is 8.08. The number of hydrogen-bond donors (Lipinski definition) is 1. The minimum Gasteiger partial charge on any atom is -0.492 e. The van der Waals surface area contributed by atoms with Gasteiger partial charge in [0.2, 0.25) is 0 Å². The molecule has 1 amide bonds. The SMILES string of the molecule is Cc1ccc(OCCNC(=O)c2cc(-c3cccs3)on2)cc1. The third kappa shape index (κ3) is 3.98. The maximum absolute atomic E-state index is 12.0.